The van der Waals surface area contributed by atoms with Crippen molar-refractivity contribution in [2.24, 2.45) is 0 Å². The van der Waals surface area contributed by atoms with Crippen LogP contribution in [0.3, 0.4) is 0 Å². The standard InChI is InChI=1S/C14H21NO3/c1-3-5-11(16)9-15-14(18)12-8-10(4-2)6-7-13(12)17/h6-8,11,16-17H,3-5,9H2,1-2H3,(H,15,18). The monoisotopic (exact) mass is 251 g/mol. The van der Waals surface area contributed by atoms with Gasteiger partial charge in [-0.3, -0.25) is 4.79 Å². The Hall–Kier alpha value is -1.55. The molecule has 0 saturated heterocycles. The average molecular weight is 251 g/mol. The molecule has 3 N–H and O–H groups in total. The third kappa shape index (κ3) is 4.04. The summed E-state index contributed by atoms with van der Waals surface area (Å²) >= 11 is 0. The molecular formula is C14H21NO3. The van der Waals surface area contributed by atoms with Crippen LogP contribution < -0.4 is 5.32 Å². The summed E-state index contributed by atoms with van der Waals surface area (Å²) in [4.78, 5) is 11.9. The molecule has 0 spiro atoms. The molecule has 0 aliphatic heterocycles. The predicted octanol–water partition coefficient (Wildman–Crippen LogP) is 1.85. The van der Waals surface area contributed by atoms with Crippen molar-refractivity contribution < 1.29 is 15.0 Å². The molecular weight excluding hydrogens is 230 g/mol. The number of hydrogen-bond donors (Lipinski definition) is 3. The number of benzene rings is 1. The molecule has 100 valence electrons. The summed E-state index contributed by atoms with van der Waals surface area (Å²) < 4.78 is 0. The number of carbonyl (C=O) groups is 1. The summed E-state index contributed by atoms with van der Waals surface area (Å²) in [6.45, 7) is 4.17. The molecule has 1 aromatic carbocycles. The Morgan fingerprint density at radius 1 is 1.39 bits per heavy atom. The first kappa shape index (κ1) is 14.5. The van der Waals surface area contributed by atoms with Crippen molar-refractivity contribution in [2.75, 3.05) is 6.54 Å². The van der Waals surface area contributed by atoms with Crippen LogP contribution in [-0.2, 0) is 6.42 Å². The lowest BCUT2D eigenvalue weighted by atomic mass is 10.1. The maximum atomic E-state index is 11.9. The quantitative estimate of drug-likeness (QED) is 0.722. The second-order valence-electron chi connectivity index (χ2n) is 4.36. The normalized spacial score (nSPS) is 12.2. The summed E-state index contributed by atoms with van der Waals surface area (Å²) in [5.74, 6) is -0.382. The fraction of sp³-hybridized carbons (Fsp3) is 0.500. The van der Waals surface area contributed by atoms with E-state index in [-0.39, 0.29) is 23.8 Å². The first-order chi connectivity index (χ1) is 8.58. The first-order valence-corrected chi connectivity index (χ1v) is 6.36. The van der Waals surface area contributed by atoms with Crippen LogP contribution in [0.1, 0.15) is 42.6 Å². The van der Waals surface area contributed by atoms with Crippen molar-refractivity contribution in [1.82, 2.24) is 5.32 Å². The lowest BCUT2D eigenvalue weighted by Crippen LogP contribution is -2.32. The molecule has 0 fully saturated rings. The van der Waals surface area contributed by atoms with Gasteiger partial charge in [0, 0.05) is 6.54 Å². The minimum absolute atomic E-state index is 0.0327. The third-order valence-corrected chi connectivity index (χ3v) is 2.83. The number of phenols is 1. The minimum Gasteiger partial charge on any atom is -0.507 e. The van der Waals surface area contributed by atoms with E-state index in [0.29, 0.717) is 6.42 Å². The van der Waals surface area contributed by atoms with Gasteiger partial charge < -0.3 is 15.5 Å². The Kier molecular flexibility index (Phi) is 5.65. The molecule has 4 nitrogen and oxygen atoms in total. The van der Waals surface area contributed by atoms with Gasteiger partial charge in [0.05, 0.1) is 11.7 Å². The molecule has 0 aliphatic carbocycles. The van der Waals surface area contributed by atoms with Crippen molar-refractivity contribution in [1.29, 1.82) is 0 Å². The summed E-state index contributed by atoms with van der Waals surface area (Å²) in [5, 5.41) is 21.8. The number of aromatic hydroxyl groups is 1. The highest BCUT2D eigenvalue weighted by Gasteiger charge is 2.12. The Labute approximate surface area is 108 Å². The van der Waals surface area contributed by atoms with Crippen LogP contribution in [0.2, 0.25) is 0 Å². The second kappa shape index (κ2) is 7.01. The van der Waals surface area contributed by atoms with E-state index in [2.05, 4.69) is 5.32 Å². The second-order valence-corrected chi connectivity index (χ2v) is 4.36. The Morgan fingerprint density at radius 2 is 2.11 bits per heavy atom. The van der Waals surface area contributed by atoms with Crippen molar-refractivity contribution in [3.05, 3.63) is 29.3 Å². The molecule has 18 heavy (non-hydrogen) atoms. The zero-order chi connectivity index (χ0) is 13.5. The van der Waals surface area contributed by atoms with Crippen molar-refractivity contribution in [2.45, 2.75) is 39.2 Å². The van der Waals surface area contributed by atoms with Crippen LogP contribution in [0, 0.1) is 0 Å². The molecule has 0 saturated carbocycles. The fourth-order valence-corrected chi connectivity index (χ4v) is 1.73. The number of hydrogen-bond acceptors (Lipinski definition) is 3. The largest absolute Gasteiger partial charge is 0.507 e. The lowest BCUT2D eigenvalue weighted by molar-refractivity contribution is 0.0907. The van der Waals surface area contributed by atoms with Gasteiger partial charge in [-0.1, -0.05) is 26.3 Å². The molecule has 1 aromatic rings. The number of aryl methyl sites for hydroxylation is 1. The molecule has 1 amide bonds. The molecule has 0 aromatic heterocycles. The van der Waals surface area contributed by atoms with Gasteiger partial charge in [-0.2, -0.15) is 0 Å². The number of aliphatic hydroxyl groups is 1. The zero-order valence-corrected chi connectivity index (χ0v) is 10.9. The maximum absolute atomic E-state index is 11.9. The van der Waals surface area contributed by atoms with Crippen molar-refractivity contribution in [3.8, 4) is 5.75 Å². The van der Waals surface area contributed by atoms with E-state index in [1.54, 1.807) is 12.1 Å². The number of amides is 1. The molecule has 1 atom stereocenters. The first-order valence-electron chi connectivity index (χ1n) is 6.36. The third-order valence-electron chi connectivity index (χ3n) is 2.83. The van der Waals surface area contributed by atoms with E-state index in [1.165, 1.54) is 6.07 Å². The molecule has 4 heteroatoms. The van der Waals surface area contributed by atoms with Gasteiger partial charge in [0.1, 0.15) is 5.75 Å². The van der Waals surface area contributed by atoms with Gasteiger partial charge in [0.15, 0.2) is 0 Å². The van der Waals surface area contributed by atoms with Crippen LogP contribution in [-0.4, -0.2) is 28.8 Å². The molecule has 1 unspecified atom stereocenters. The van der Waals surface area contributed by atoms with Crippen LogP contribution in [0.15, 0.2) is 18.2 Å². The molecule has 0 heterocycles. The van der Waals surface area contributed by atoms with E-state index in [9.17, 15) is 15.0 Å². The summed E-state index contributed by atoms with van der Waals surface area (Å²) in [5.41, 5.74) is 1.25. The van der Waals surface area contributed by atoms with Crippen LogP contribution >= 0.6 is 0 Å². The minimum atomic E-state index is -0.532. The predicted molar refractivity (Wildman–Crippen MR) is 70.7 cm³/mol. The van der Waals surface area contributed by atoms with E-state index in [1.807, 2.05) is 13.8 Å². The van der Waals surface area contributed by atoms with E-state index in [4.69, 9.17) is 0 Å². The molecule has 0 bridgehead atoms. The average Bonchev–Trinajstić information content (AvgIpc) is 2.37. The Bertz CT molecular complexity index is 404. The van der Waals surface area contributed by atoms with E-state index in [0.717, 1.165) is 18.4 Å². The maximum Gasteiger partial charge on any atom is 0.255 e. The molecule has 0 aliphatic rings. The fourth-order valence-electron chi connectivity index (χ4n) is 1.73. The number of carbonyl (C=O) groups excluding carboxylic acids is 1. The topological polar surface area (TPSA) is 69.6 Å². The highest BCUT2D eigenvalue weighted by atomic mass is 16.3. The SMILES string of the molecule is CCCC(O)CNC(=O)c1cc(CC)ccc1O. The van der Waals surface area contributed by atoms with Gasteiger partial charge in [-0.25, -0.2) is 0 Å². The van der Waals surface area contributed by atoms with Gasteiger partial charge >= 0.3 is 0 Å². The van der Waals surface area contributed by atoms with Gasteiger partial charge in [-0.15, -0.1) is 0 Å². The zero-order valence-electron chi connectivity index (χ0n) is 10.9. The van der Waals surface area contributed by atoms with Gasteiger partial charge in [0.25, 0.3) is 5.91 Å². The molecule has 1 rings (SSSR count). The number of phenolic OH excluding ortho intramolecular Hbond substituents is 1. The molecule has 0 radical (unpaired) electrons. The summed E-state index contributed by atoms with van der Waals surface area (Å²) in [7, 11) is 0. The summed E-state index contributed by atoms with van der Waals surface area (Å²) in [6.07, 6.45) is 1.80. The number of rotatable bonds is 6. The van der Waals surface area contributed by atoms with Crippen LogP contribution in [0.5, 0.6) is 5.75 Å². The van der Waals surface area contributed by atoms with Crippen molar-refractivity contribution in [3.63, 3.8) is 0 Å². The van der Waals surface area contributed by atoms with Gasteiger partial charge in [-0.05, 0) is 30.5 Å². The number of aliphatic hydroxyl groups excluding tert-OH is 1. The summed E-state index contributed by atoms with van der Waals surface area (Å²) in [6, 6.07) is 4.99. The smallest absolute Gasteiger partial charge is 0.255 e. The highest BCUT2D eigenvalue weighted by Crippen LogP contribution is 2.18. The van der Waals surface area contributed by atoms with E-state index >= 15 is 0 Å². The van der Waals surface area contributed by atoms with Crippen molar-refractivity contribution >= 4 is 5.91 Å². The lowest BCUT2D eigenvalue weighted by Gasteiger charge is -2.12. The Balaban J connectivity index is 2.66. The van der Waals surface area contributed by atoms with Gasteiger partial charge in [0.2, 0.25) is 0 Å². The number of nitrogens with one attached hydrogen (secondary N) is 1. The van der Waals surface area contributed by atoms with E-state index < -0.39 is 6.10 Å². The van der Waals surface area contributed by atoms with Crippen LogP contribution in [0.25, 0.3) is 0 Å². The highest BCUT2D eigenvalue weighted by molar-refractivity contribution is 5.97. The Morgan fingerprint density at radius 3 is 2.72 bits per heavy atom. The van der Waals surface area contributed by atoms with Crippen LogP contribution in [0.4, 0.5) is 0 Å².